The third-order valence-corrected chi connectivity index (χ3v) is 6.05. The van der Waals surface area contributed by atoms with Gasteiger partial charge in [-0.15, -0.1) is 0 Å². The minimum Gasteiger partial charge on any atom is -0.341 e. The number of halogens is 3. The molecule has 4 rings (SSSR count). The predicted octanol–water partition coefficient (Wildman–Crippen LogP) is 3.24. The number of imidazole rings is 1. The SMILES string of the molecule is O=CS(=O)(=CCl)Nc1ccc(F)c(Nc2ncccc2-c2ncnc3nc[nH]c23)c1F. The molecule has 1 unspecified atom stereocenters. The fraction of sp³-hybridized carbons (Fsp3) is 0. The number of carbonyl (C=O) groups excluding carboxylic acids is 1. The topological polar surface area (TPSA) is 126 Å². The van der Waals surface area contributed by atoms with Crippen molar-refractivity contribution in [1.82, 2.24) is 24.9 Å². The van der Waals surface area contributed by atoms with E-state index in [1.54, 1.807) is 12.1 Å². The van der Waals surface area contributed by atoms with Gasteiger partial charge in [-0.2, -0.15) is 0 Å². The largest absolute Gasteiger partial charge is 0.341 e. The molecule has 0 saturated carbocycles. The van der Waals surface area contributed by atoms with Gasteiger partial charge >= 0.3 is 0 Å². The molecule has 0 radical (unpaired) electrons. The van der Waals surface area contributed by atoms with E-state index in [-0.39, 0.29) is 11.4 Å². The fourth-order valence-electron chi connectivity index (χ4n) is 2.77. The molecule has 0 fully saturated rings. The number of hydrogen-bond donors (Lipinski definition) is 3. The molecule has 0 aliphatic carbocycles. The molecule has 3 aromatic heterocycles. The molecule has 0 spiro atoms. The molecule has 1 atom stereocenters. The maximum Gasteiger partial charge on any atom is 0.218 e. The van der Waals surface area contributed by atoms with Gasteiger partial charge in [-0.25, -0.2) is 32.9 Å². The average molecular weight is 464 g/mol. The maximum atomic E-state index is 15.0. The number of fused-ring (bicyclic) bond motifs is 1. The second kappa shape index (κ2) is 8.24. The van der Waals surface area contributed by atoms with Gasteiger partial charge in [-0.05, 0) is 24.3 Å². The Morgan fingerprint density at radius 1 is 1.13 bits per heavy atom. The second-order valence-corrected chi connectivity index (χ2v) is 8.47. The predicted molar refractivity (Wildman–Crippen MR) is 115 cm³/mol. The second-order valence-electron chi connectivity index (χ2n) is 6.07. The van der Waals surface area contributed by atoms with E-state index in [2.05, 4.69) is 35.0 Å². The van der Waals surface area contributed by atoms with Crippen LogP contribution in [0.3, 0.4) is 0 Å². The molecule has 158 valence electrons. The van der Waals surface area contributed by atoms with E-state index in [1.165, 1.54) is 18.9 Å². The van der Waals surface area contributed by atoms with Crippen molar-refractivity contribution < 1.29 is 17.8 Å². The monoisotopic (exact) mass is 463 g/mol. The molecular weight excluding hydrogens is 452 g/mol. The van der Waals surface area contributed by atoms with Gasteiger partial charge in [0.05, 0.1) is 16.8 Å². The van der Waals surface area contributed by atoms with Crippen molar-refractivity contribution >= 4 is 60.1 Å². The lowest BCUT2D eigenvalue weighted by molar-refractivity contribution is 0.567. The van der Waals surface area contributed by atoms with Crippen molar-refractivity contribution in [3.8, 4) is 11.3 Å². The van der Waals surface area contributed by atoms with Crippen LogP contribution in [-0.2, 0) is 14.5 Å². The Kier molecular flexibility index (Phi) is 5.48. The first-order valence-electron chi connectivity index (χ1n) is 8.51. The quantitative estimate of drug-likeness (QED) is 0.228. The lowest BCUT2D eigenvalue weighted by Crippen LogP contribution is -2.16. The summed E-state index contributed by atoms with van der Waals surface area (Å²) in [5.41, 5.74) is 0.811. The van der Waals surface area contributed by atoms with Gasteiger partial charge in [0, 0.05) is 11.8 Å². The van der Waals surface area contributed by atoms with Crippen molar-refractivity contribution in [1.29, 1.82) is 0 Å². The molecule has 31 heavy (non-hydrogen) atoms. The maximum absolute atomic E-state index is 15.0. The van der Waals surface area contributed by atoms with Gasteiger partial charge in [0.25, 0.3) is 0 Å². The Balaban J connectivity index is 1.80. The lowest BCUT2D eigenvalue weighted by Gasteiger charge is -2.15. The van der Waals surface area contributed by atoms with E-state index in [0.29, 0.717) is 27.2 Å². The Hall–Kier alpha value is -3.64. The van der Waals surface area contributed by atoms with E-state index >= 15 is 4.39 Å². The Morgan fingerprint density at radius 2 is 1.97 bits per heavy atom. The van der Waals surface area contributed by atoms with E-state index in [1.807, 2.05) is 0 Å². The smallest absolute Gasteiger partial charge is 0.218 e. The zero-order valence-electron chi connectivity index (χ0n) is 15.3. The fourth-order valence-corrected chi connectivity index (χ4v) is 3.66. The van der Waals surface area contributed by atoms with Crippen molar-refractivity contribution in [3.63, 3.8) is 0 Å². The van der Waals surface area contributed by atoms with Crippen LogP contribution in [0.1, 0.15) is 0 Å². The summed E-state index contributed by atoms with van der Waals surface area (Å²) in [5.74, 6) is -1.98. The molecule has 3 heterocycles. The van der Waals surface area contributed by atoms with E-state index in [0.717, 1.165) is 12.1 Å². The number of nitrogens with zero attached hydrogens (tertiary/aromatic N) is 4. The van der Waals surface area contributed by atoms with Gasteiger partial charge in [0.2, 0.25) is 5.62 Å². The standard InChI is InChI=1S/C18H12ClF2N7O2S/c19-6-31(30,9-29)28-12-4-3-11(20)15(13(12)21)27-17-10(2-1-5-22-17)14-16-18(25-7-23-14)26-8-24-16/h1-9H,(H,22,27)(H,28,30)(H,23,24,25,26). The molecular formula is C18H12ClF2N7O2S. The van der Waals surface area contributed by atoms with Crippen LogP contribution in [0.4, 0.5) is 26.0 Å². The normalized spacial score (nSPS) is 12.9. The molecule has 9 nitrogen and oxygen atoms in total. The molecule has 0 saturated heterocycles. The third kappa shape index (κ3) is 3.90. The molecule has 3 N–H and O–H groups in total. The minimum absolute atomic E-state index is 0.0392. The molecule has 0 amide bonds. The van der Waals surface area contributed by atoms with Crippen LogP contribution in [0.15, 0.2) is 43.1 Å². The van der Waals surface area contributed by atoms with Crippen LogP contribution in [0, 0.1) is 11.6 Å². The van der Waals surface area contributed by atoms with Crippen LogP contribution in [-0.4, -0.2) is 39.6 Å². The van der Waals surface area contributed by atoms with E-state index < -0.39 is 32.7 Å². The number of anilines is 3. The number of benzene rings is 1. The highest BCUT2D eigenvalue weighted by molar-refractivity contribution is 8.15. The number of carbonyl (C=O) groups is 1. The summed E-state index contributed by atoms with van der Waals surface area (Å²) in [6, 6.07) is 5.22. The average Bonchev–Trinajstić information content (AvgIpc) is 3.28. The summed E-state index contributed by atoms with van der Waals surface area (Å²) in [4.78, 5) is 31.0. The van der Waals surface area contributed by atoms with E-state index in [4.69, 9.17) is 11.6 Å². The summed E-state index contributed by atoms with van der Waals surface area (Å²) < 4.78 is 43.8. The number of H-pyrrole nitrogens is 1. The molecule has 0 aliphatic rings. The molecule has 13 heteroatoms. The number of aromatic nitrogens is 5. The Bertz CT molecular complexity index is 1420. The summed E-state index contributed by atoms with van der Waals surface area (Å²) in [6.07, 6.45) is 4.18. The van der Waals surface area contributed by atoms with Gasteiger partial charge in [0.1, 0.15) is 44.6 Å². The highest BCUT2D eigenvalue weighted by Gasteiger charge is 2.20. The highest BCUT2D eigenvalue weighted by atomic mass is 35.5. The van der Waals surface area contributed by atoms with Crippen molar-refractivity contribution in [2.75, 3.05) is 10.0 Å². The van der Waals surface area contributed by atoms with Crippen LogP contribution in [0.25, 0.3) is 22.4 Å². The first-order chi connectivity index (χ1) is 15.0. The van der Waals surface area contributed by atoms with Crippen LogP contribution >= 0.6 is 11.6 Å². The van der Waals surface area contributed by atoms with Gasteiger partial charge in [-0.3, -0.25) is 4.79 Å². The number of pyridine rings is 1. The van der Waals surface area contributed by atoms with Gasteiger partial charge in [-0.1, -0.05) is 11.6 Å². The van der Waals surface area contributed by atoms with Crippen molar-refractivity contribution in [3.05, 3.63) is 54.8 Å². The van der Waals surface area contributed by atoms with E-state index in [9.17, 15) is 13.4 Å². The first-order valence-corrected chi connectivity index (χ1v) is 10.6. The highest BCUT2D eigenvalue weighted by Crippen LogP contribution is 2.33. The van der Waals surface area contributed by atoms with Crippen LogP contribution in [0.5, 0.6) is 0 Å². The zero-order valence-corrected chi connectivity index (χ0v) is 16.9. The minimum atomic E-state index is -3.54. The summed E-state index contributed by atoms with van der Waals surface area (Å²) >= 11 is 5.40. The zero-order chi connectivity index (χ0) is 22.0. The van der Waals surface area contributed by atoms with Crippen LogP contribution in [0.2, 0.25) is 0 Å². The third-order valence-electron chi connectivity index (χ3n) is 4.17. The molecule has 1 aromatic carbocycles. The van der Waals surface area contributed by atoms with Gasteiger partial charge in [0.15, 0.2) is 11.5 Å². The lowest BCUT2D eigenvalue weighted by atomic mass is 10.1. The van der Waals surface area contributed by atoms with Gasteiger partial charge < -0.3 is 15.0 Å². The summed E-state index contributed by atoms with van der Waals surface area (Å²) in [6.45, 7) is 0. The Morgan fingerprint density at radius 3 is 2.74 bits per heavy atom. The summed E-state index contributed by atoms with van der Waals surface area (Å²) in [7, 11) is -3.54. The number of hydrogen-bond acceptors (Lipinski definition) is 7. The number of aromatic amines is 1. The summed E-state index contributed by atoms with van der Waals surface area (Å²) in [5, 5.41) is 2.61. The first kappa shape index (κ1) is 20.6. The molecule has 4 aromatic rings. The molecule has 0 bridgehead atoms. The van der Waals surface area contributed by atoms with Crippen molar-refractivity contribution in [2.24, 2.45) is 0 Å². The number of nitrogens with one attached hydrogen (secondary N) is 3. The Labute approximate surface area is 179 Å². The number of rotatable bonds is 6. The van der Waals surface area contributed by atoms with Crippen molar-refractivity contribution in [2.45, 2.75) is 0 Å². The molecule has 0 aliphatic heterocycles. The van der Waals surface area contributed by atoms with Crippen LogP contribution < -0.4 is 10.0 Å².